The molecule has 2 N–H and O–H groups in total. The van der Waals surface area contributed by atoms with Crippen LogP contribution in [-0.4, -0.2) is 31.3 Å². The third kappa shape index (κ3) is 2.41. The van der Waals surface area contributed by atoms with Crippen molar-refractivity contribution in [2.45, 2.75) is 24.9 Å². The number of rotatable bonds is 4. The summed E-state index contributed by atoms with van der Waals surface area (Å²) < 4.78 is 10.5. The van der Waals surface area contributed by atoms with Gasteiger partial charge in [0.05, 0.1) is 14.2 Å². The van der Waals surface area contributed by atoms with Gasteiger partial charge in [-0.2, -0.15) is 0 Å². The molecule has 1 fully saturated rings. The van der Waals surface area contributed by atoms with E-state index < -0.39 is 12.0 Å². The van der Waals surface area contributed by atoms with Gasteiger partial charge in [-0.25, -0.2) is 0 Å². The molecule has 0 spiro atoms. The SMILES string of the molecule is COc1ccc(C2CCC(C(=O)O)N2)c(OC)c1. The maximum atomic E-state index is 10.9. The third-order valence-corrected chi connectivity index (χ3v) is 3.26. The zero-order valence-electron chi connectivity index (χ0n) is 10.5. The first kappa shape index (κ1) is 12.7. The van der Waals surface area contributed by atoms with Gasteiger partial charge in [-0.05, 0) is 18.9 Å². The lowest BCUT2D eigenvalue weighted by molar-refractivity contribution is -0.139. The maximum absolute atomic E-state index is 10.9. The van der Waals surface area contributed by atoms with Crippen LogP contribution in [0.15, 0.2) is 18.2 Å². The molecule has 1 aliphatic rings. The number of ether oxygens (including phenoxy) is 2. The van der Waals surface area contributed by atoms with E-state index in [9.17, 15) is 4.79 Å². The van der Waals surface area contributed by atoms with E-state index in [2.05, 4.69) is 5.32 Å². The van der Waals surface area contributed by atoms with Gasteiger partial charge in [0, 0.05) is 17.7 Å². The second-order valence-corrected chi connectivity index (χ2v) is 4.30. The summed E-state index contributed by atoms with van der Waals surface area (Å²) in [4.78, 5) is 10.9. The molecule has 0 bridgehead atoms. The summed E-state index contributed by atoms with van der Waals surface area (Å²) in [5.74, 6) is 0.645. The summed E-state index contributed by atoms with van der Waals surface area (Å²) in [7, 11) is 3.20. The highest BCUT2D eigenvalue weighted by Crippen LogP contribution is 2.35. The maximum Gasteiger partial charge on any atom is 0.320 e. The van der Waals surface area contributed by atoms with E-state index in [1.54, 1.807) is 14.2 Å². The van der Waals surface area contributed by atoms with Crippen LogP contribution in [0.3, 0.4) is 0 Å². The summed E-state index contributed by atoms with van der Waals surface area (Å²) in [6, 6.07) is 5.13. The number of benzene rings is 1. The lowest BCUT2D eigenvalue weighted by Crippen LogP contribution is -2.31. The number of carbonyl (C=O) groups is 1. The molecule has 1 heterocycles. The van der Waals surface area contributed by atoms with Crippen molar-refractivity contribution in [1.82, 2.24) is 5.32 Å². The number of aliphatic carboxylic acids is 1. The van der Waals surface area contributed by atoms with Crippen molar-refractivity contribution in [2.24, 2.45) is 0 Å². The Labute approximate surface area is 106 Å². The van der Waals surface area contributed by atoms with Crippen LogP contribution in [0.25, 0.3) is 0 Å². The van der Waals surface area contributed by atoms with Crippen LogP contribution in [0.5, 0.6) is 11.5 Å². The highest BCUT2D eigenvalue weighted by molar-refractivity contribution is 5.74. The van der Waals surface area contributed by atoms with Crippen molar-refractivity contribution in [3.8, 4) is 11.5 Å². The van der Waals surface area contributed by atoms with E-state index in [1.165, 1.54) is 0 Å². The number of methoxy groups -OCH3 is 2. The summed E-state index contributed by atoms with van der Waals surface area (Å²) in [5, 5.41) is 12.1. The molecule has 2 unspecified atom stereocenters. The molecular weight excluding hydrogens is 234 g/mol. The zero-order valence-corrected chi connectivity index (χ0v) is 10.5. The summed E-state index contributed by atoms with van der Waals surface area (Å²) >= 11 is 0. The largest absolute Gasteiger partial charge is 0.497 e. The molecule has 5 heteroatoms. The van der Waals surface area contributed by atoms with Gasteiger partial charge in [-0.3, -0.25) is 10.1 Å². The van der Waals surface area contributed by atoms with Gasteiger partial charge in [0.1, 0.15) is 17.5 Å². The molecule has 0 aliphatic carbocycles. The number of hydrogen-bond donors (Lipinski definition) is 2. The van der Waals surface area contributed by atoms with E-state index in [4.69, 9.17) is 14.6 Å². The Bertz CT molecular complexity index is 447. The van der Waals surface area contributed by atoms with Gasteiger partial charge in [0.15, 0.2) is 0 Å². The third-order valence-electron chi connectivity index (χ3n) is 3.26. The first-order chi connectivity index (χ1) is 8.65. The van der Waals surface area contributed by atoms with E-state index in [0.29, 0.717) is 6.42 Å². The molecule has 1 aliphatic heterocycles. The summed E-state index contributed by atoms with van der Waals surface area (Å²) in [5.41, 5.74) is 0.974. The number of nitrogens with one attached hydrogen (secondary N) is 1. The predicted octanol–water partition coefficient (Wildman–Crippen LogP) is 1.58. The fourth-order valence-electron chi connectivity index (χ4n) is 2.29. The molecule has 1 saturated heterocycles. The molecule has 1 aromatic carbocycles. The summed E-state index contributed by atoms with van der Waals surface area (Å²) in [6.07, 6.45) is 1.43. The molecule has 2 atom stereocenters. The molecule has 18 heavy (non-hydrogen) atoms. The number of carboxylic acid groups (broad SMARTS) is 1. The molecule has 0 aromatic heterocycles. The fraction of sp³-hybridized carbons (Fsp3) is 0.462. The van der Waals surface area contributed by atoms with Crippen molar-refractivity contribution in [1.29, 1.82) is 0 Å². The van der Waals surface area contributed by atoms with Crippen molar-refractivity contribution in [3.05, 3.63) is 23.8 Å². The first-order valence-corrected chi connectivity index (χ1v) is 5.86. The number of carboxylic acids is 1. The highest BCUT2D eigenvalue weighted by Gasteiger charge is 2.31. The van der Waals surface area contributed by atoms with Crippen LogP contribution in [0.4, 0.5) is 0 Å². The fourth-order valence-corrected chi connectivity index (χ4v) is 2.29. The van der Waals surface area contributed by atoms with Crippen LogP contribution in [0.1, 0.15) is 24.4 Å². The molecule has 1 aromatic rings. The average Bonchev–Trinajstić information content (AvgIpc) is 2.87. The van der Waals surface area contributed by atoms with Gasteiger partial charge in [-0.15, -0.1) is 0 Å². The van der Waals surface area contributed by atoms with Crippen LogP contribution in [-0.2, 0) is 4.79 Å². The Kier molecular flexibility index (Phi) is 3.72. The lowest BCUT2D eigenvalue weighted by Gasteiger charge is -2.16. The minimum Gasteiger partial charge on any atom is -0.497 e. The van der Waals surface area contributed by atoms with Gasteiger partial charge >= 0.3 is 5.97 Å². The topological polar surface area (TPSA) is 67.8 Å². The normalized spacial score (nSPS) is 22.8. The lowest BCUT2D eigenvalue weighted by atomic mass is 10.0. The second-order valence-electron chi connectivity index (χ2n) is 4.30. The number of hydrogen-bond acceptors (Lipinski definition) is 4. The van der Waals surface area contributed by atoms with Crippen LogP contribution >= 0.6 is 0 Å². The summed E-state index contributed by atoms with van der Waals surface area (Å²) in [6.45, 7) is 0. The van der Waals surface area contributed by atoms with Crippen molar-refractivity contribution < 1.29 is 19.4 Å². The van der Waals surface area contributed by atoms with Crippen molar-refractivity contribution >= 4 is 5.97 Å². The predicted molar refractivity (Wildman–Crippen MR) is 66.1 cm³/mol. The quantitative estimate of drug-likeness (QED) is 0.850. The Morgan fingerprint density at radius 1 is 1.33 bits per heavy atom. The smallest absolute Gasteiger partial charge is 0.320 e. The Hall–Kier alpha value is -1.75. The van der Waals surface area contributed by atoms with Crippen LogP contribution < -0.4 is 14.8 Å². The molecule has 0 radical (unpaired) electrons. The molecular formula is C13H17NO4. The molecule has 5 nitrogen and oxygen atoms in total. The standard InChI is InChI=1S/C13H17NO4/c1-17-8-3-4-9(12(7-8)18-2)10-5-6-11(14-10)13(15)16/h3-4,7,10-11,14H,5-6H2,1-2H3,(H,15,16). The van der Waals surface area contributed by atoms with Crippen LogP contribution in [0.2, 0.25) is 0 Å². The Morgan fingerprint density at radius 3 is 2.67 bits per heavy atom. The van der Waals surface area contributed by atoms with E-state index in [-0.39, 0.29) is 6.04 Å². The van der Waals surface area contributed by atoms with Crippen molar-refractivity contribution in [2.75, 3.05) is 14.2 Å². The van der Waals surface area contributed by atoms with E-state index in [1.807, 2.05) is 18.2 Å². The zero-order chi connectivity index (χ0) is 13.1. The second kappa shape index (κ2) is 5.27. The van der Waals surface area contributed by atoms with Gasteiger partial charge < -0.3 is 14.6 Å². The van der Waals surface area contributed by atoms with Crippen molar-refractivity contribution in [3.63, 3.8) is 0 Å². The molecule has 2 rings (SSSR count). The highest BCUT2D eigenvalue weighted by atomic mass is 16.5. The minimum absolute atomic E-state index is 0.0203. The minimum atomic E-state index is -0.801. The Balaban J connectivity index is 2.21. The van der Waals surface area contributed by atoms with E-state index in [0.717, 1.165) is 23.5 Å². The Morgan fingerprint density at radius 2 is 2.11 bits per heavy atom. The van der Waals surface area contributed by atoms with Gasteiger partial charge in [0.2, 0.25) is 0 Å². The van der Waals surface area contributed by atoms with Crippen LogP contribution in [0, 0.1) is 0 Å². The molecule has 0 saturated carbocycles. The van der Waals surface area contributed by atoms with Gasteiger partial charge in [0.25, 0.3) is 0 Å². The molecule has 98 valence electrons. The van der Waals surface area contributed by atoms with Gasteiger partial charge in [-0.1, -0.05) is 6.07 Å². The average molecular weight is 251 g/mol. The monoisotopic (exact) mass is 251 g/mol. The van der Waals surface area contributed by atoms with E-state index >= 15 is 0 Å². The molecule has 0 amide bonds. The first-order valence-electron chi connectivity index (χ1n) is 5.86.